The van der Waals surface area contributed by atoms with E-state index in [1.54, 1.807) is 28.7 Å². The quantitative estimate of drug-likeness (QED) is 0.421. The molecule has 0 aliphatic carbocycles. The van der Waals surface area contributed by atoms with E-state index in [2.05, 4.69) is 15.0 Å². The minimum absolute atomic E-state index is 0.351. The largest absolute Gasteiger partial charge is 0.465 e. The molecule has 0 fully saturated rings. The van der Waals surface area contributed by atoms with Crippen LogP contribution in [0, 0.1) is 6.92 Å². The third kappa shape index (κ3) is 4.10. The number of hydrogen-bond acceptors (Lipinski definition) is 6. The van der Waals surface area contributed by atoms with Crippen LogP contribution in [0.5, 0.6) is 5.75 Å². The fraction of sp³-hybridized carbons (Fsp3) is 0.227. The number of ether oxygens (including phenoxy) is 2. The Bertz CT molecular complexity index is 1190. The topological polar surface area (TPSA) is 79.1 Å². The van der Waals surface area contributed by atoms with Gasteiger partial charge in [-0.1, -0.05) is 18.2 Å². The van der Waals surface area contributed by atoms with Gasteiger partial charge in [-0.25, -0.2) is 13.2 Å². The summed E-state index contributed by atoms with van der Waals surface area (Å²) in [6, 6.07) is 15.1. The summed E-state index contributed by atoms with van der Waals surface area (Å²) in [5.41, 5.74) is 3.82. The zero-order valence-electron chi connectivity index (χ0n) is 17.0. The molecule has 4 aromatic rings. The second-order valence-corrected chi connectivity index (χ2v) is 7.96. The fourth-order valence-corrected chi connectivity index (χ4v) is 3.99. The van der Waals surface area contributed by atoms with Crippen LogP contribution >= 0.6 is 0 Å². The summed E-state index contributed by atoms with van der Waals surface area (Å²) in [6.07, 6.45) is 4.53. The lowest BCUT2D eigenvalue weighted by molar-refractivity contribution is -0.0772. The van der Waals surface area contributed by atoms with Crippen LogP contribution in [0.25, 0.3) is 22.6 Å². The Morgan fingerprint density at radius 2 is 1.87 bits per heavy atom. The second-order valence-electron chi connectivity index (χ2n) is 6.74. The van der Waals surface area contributed by atoms with E-state index in [0.29, 0.717) is 23.9 Å². The van der Waals surface area contributed by atoms with Gasteiger partial charge in [0.25, 0.3) is 0 Å². The summed E-state index contributed by atoms with van der Waals surface area (Å²) in [4.78, 5) is 13.4. The van der Waals surface area contributed by atoms with Crippen molar-refractivity contribution in [2.75, 3.05) is 6.26 Å². The molecule has 4 rings (SSSR count). The lowest BCUT2D eigenvalue weighted by Gasteiger charge is -2.18. The number of fused-ring (bicyclic) bond motifs is 1. The molecule has 8 heteroatoms. The molecule has 0 aliphatic rings. The normalized spacial score (nSPS) is 13.3. The lowest BCUT2D eigenvalue weighted by Crippen LogP contribution is -2.17. The van der Waals surface area contributed by atoms with Crippen LogP contribution in [0.15, 0.2) is 60.9 Å². The van der Waals surface area contributed by atoms with Crippen LogP contribution < -0.4 is 4.74 Å². The monoisotopic (exact) mass is 422 g/mol. The van der Waals surface area contributed by atoms with E-state index in [4.69, 9.17) is 9.47 Å². The molecule has 7 nitrogen and oxygen atoms in total. The molecule has 3 aromatic heterocycles. The summed E-state index contributed by atoms with van der Waals surface area (Å²) >= 11 is 0. The first kappa shape index (κ1) is 20.2. The predicted octanol–water partition coefficient (Wildman–Crippen LogP) is 3.88. The van der Waals surface area contributed by atoms with E-state index < -0.39 is 17.3 Å². The van der Waals surface area contributed by atoms with E-state index in [0.717, 1.165) is 22.3 Å². The van der Waals surface area contributed by atoms with Crippen molar-refractivity contribution in [3.63, 3.8) is 0 Å². The van der Waals surface area contributed by atoms with E-state index in [-0.39, 0.29) is 0 Å². The third-order valence-electron chi connectivity index (χ3n) is 4.63. The molecular formula is C22H22N4O3S. The minimum atomic E-state index is -1.29. The number of rotatable bonds is 7. The Kier molecular flexibility index (Phi) is 5.87. The van der Waals surface area contributed by atoms with E-state index in [9.17, 15) is 4.21 Å². The van der Waals surface area contributed by atoms with E-state index in [1.165, 1.54) is 0 Å². The van der Waals surface area contributed by atoms with Gasteiger partial charge in [0.1, 0.15) is 22.4 Å². The Morgan fingerprint density at radius 1 is 1.07 bits per heavy atom. The van der Waals surface area contributed by atoms with Crippen LogP contribution in [-0.4, -0.2) is 35.7 Å². The first-order valence-electron chi connectivity index (χ1n) is 9.50. The average Bonchev–Trinajstić information content (AvgIpc) is 3.14. The first-order valence-corrected chi connectivity index (χ1v) is 11.0. The van der Waals surface area contributed by atoms with Crippen molar-refractivity contribution >= 4 is 22.0 Å². The van der Waals surface area contributed by atoms with Crippen LogP contribution in [0.4, 0.5) is 0 Å². The van der Waals surface area contributed by atoms with Crippen molar-refractivity contribution in [3.05, 3.63) is 72.2 Å². The lowest BCUT2D eigenvalue weighted by atomic mass is 10.2. The molecule has 0 N–H and O–H groups in total. The van der Waals surface area contributed by atoms with Gasteiger partial charge in [-0.3, -0.25) is 9.97 Å². The molecule has 0 saturated carbocycles. The molecule has 1 aromatic carbocycles. The Balaban J connectivity index is 1.61. The van der Waals surface area contributed by atoms with Crippen LogP contribution in [0.2, 0.25) is 0 Å². The van der Waals surface area contributed by atoms with Crippen molar-refractivity contribution < 1.29 is 13.7 Å². The average molecular weight is 423 g/mol. The van der Waals surface area contributed by atoms with Crippen LogP contribution in [0.3, 0.4) is 0 Å². The molecule has 2 unspecified atom stereocenters. The van der Waals surface area contributed by atoms with E-state index >= 15 is 0 Å². The van der Waals surface area contributed by atoms with Crippen LogP contribution in [0.1, 0.15) is 18.2 Å². The molecule has 0 amide bonds. The van der Waals surface area contributed by atoms with Gasteiger partial charge in [-0.2, -0.15) is 0 Å². The standard InChI is InChI=1S/C22H22N4O3S/c1-15-20(29-16(2)28-14-17-8-6-7-12-23-17)11-13-24-21(15)22-25-18-9-4-5-10-19(18)26(22)30(3)27/h4-13,16H,14H2,1-3H3. The zero-order valence-corrected chi connectivity index (χ0v) is 17.8. The van der Waals surface area contributed by atoms with Gasteiger partial charge in [0.2, 0.25) is 0 Å². The number of benzene rings is 1. The molecule has 3 heterocycles. The predicted molar refractivity (Wildman–Crippen MR) is 116 cm³/mol. The SMILES string of the molecule is Cc1c(OC(C)OCc2ccccn2)ccnc1-c1nc2ccccc2n1S(C)=O. The van der Waals surface area contributed by atoms with Crippen molar-refractivity contribution in [1.82, 2.24) is 18.9 Å². The highest BCUT2D eigenvalue weighted by Crippen LogP contribution is 2.31. The highest BCUT2D eigenvalue weighted by molar-refractivity contribution is 7.83. The van der Waals surface area contributed by atoms with Crippen molar-refractivity contribution in [2.45, 2.75) is 26.7 Å². The summed E-state index contributed by atoms with van der Waals surface area (Å²) in [7, 11) is -1.29. The highest BCUT2D eigenvalue weighted by Gasteiger charge is 2.20. The van der Waals surface area contributed by atoms with Gasteiger partial charge in [-0.05, 0) is 44.2 Å². The van der Waals surface area contributed by atoms with Gasteiger partial charge >= 0.3 is 0 Å². The fourth-order valence-electron chi connectivity index (χ4n) is 3.18. The van der Waals surface area contributed by atoms with Gasteiger partial charge in [-0.15, -0.1) is 0 Å². The Morgan fingerprint density at radius 3 is 2.63 bits per heavy atom. The summed E-state index contributed by atoms with van der Waals surface area (Å²) in [5.74, 6) is 1.18. The molecule has 154 valence electrons. The molecule has 0 bridgehead atoms. The summed E-state index contributed by atoms with van der Waals surface area (Å²) < 4.78 is 25.9. The maximum Gasteiger partial charge on any atom is 0.197 e. The Hall–Kier alpha value is -3.10. The number of hydrogen-bond donors (Lipinski definition) is 0. The summed E-state index contributed by atoms with van der Waals surface area (Å²) in [5, 5.41) is 0. The smallest absolute Gasteiger partial charge is 0.197 e. The Labute approximate surface area is 177 Å². The van der Waals surface area contributed by atoms with E-state index in [1.807, 2.05) is 56.3 Å². The van der Waals surface area contributed by atoms with Gasteiger partial charge < -0.3 is 9.47 Å². The minimum Gasteiger partial charge on any atom is -0.465 e. The van der Waals surface area contributed by atoms with Crippen molar-refractivity contribution in [1.29, 1.82) is 0 Å². The maximum atomic E-state index is 12.5. The second kappa shape index (κ2) is 8.73. The molecule has 0 aliphatic heterocycles. The molecule has 0 radical (unpaired) electrons. The summed E-state index contributed by atoms with van der Waals surface area (Å²) in [6.45, 7) is 4.09. The van der Waals surface area contributed by atoms with Crippen LogP contribution in [-0.2, 0) is 22.3 Å². The molecule has 0 saturated heterocycles. The number of nitrogens with zero attached hydrogens (tertiary/aromatic N) is 4. The van der Waals surface area contributed by atoms with Crippen molar-refractivity contribution in [3.8, 4) is 17.3 Å². The molecular weight excluding hydrogens is 400 g/mol. The highest BCUT2D eigenvalue weighted by atomic mass is 32.2. The maximum absolute atomic E-state index is 12.5. The zero-order chi connectivity index (χ0) is 21.1. The molecule has 0 spiro atoms. The third-order valence-corrected chi connectivity index (χ3v) is 5.51. The molecule has 30 heavy (non-hydrogen) atoms. The van der Waals surface area contributed by atoms with Gasteiger partial charge in [0.15, 0.2) is 12.1 Å². The van der Waals surface area contributed by atoms with Gasteiger partial charge in [0, 0.05) is 24.2 Å². The van der Waals surface area contributed by atoms with Crippen molar-refractivity contribution in [2.24, 2.45) is 0 Å². The number of para-hydroxylation sites is 2. The molecule has 2 atom stereocenters. The van der Waals surface area contributed by atoms with Gasteiger partial charge in [0.05, 0.1) is 23.3 Å². The first-order chi connectivity index (χ1) is 14.5. The number of imidazole rings is 1. The number of pyridine rings is 2. The number of aromatic nitrogens is 4.